The molecule has 1 aliphatic rings. The molecule has 5 heteroatoms. The average molecular weight is 362 g/mol. The van der Waals surface area contributed by atoms with Crippen LogP contribution in [-0.4, -0.2) is 29.3 Å². The van der Waals surface area contributed by atoms with E-state index in [9.17, 15) is 5.11 Å². The molecule has 0 aliphatic heterocycles. The maximum atomic E-state index is 9.84. The van der Waals surface area contributed by atoms with E-state index in [2.05, 4.69) is 22.4 Å². The number of phenols is 1. The van der Waals surface area contributed by atoms with Gasteiger partial charge in [0.25, 0.3) is 0 Å². The zero-order valence-corrected chi connectivity index (χ0v) is 15.4. The fraction of sp³-hybridized carbons (Fsp3) is 0.318. The highest BCUT2D eigenvalue weighted by Gasteiger charge is 2.19. The lowest BCUT2D eigenvalue weighted by Crippen LogP contribution is -2.32. The Balaban J connectivity index is 1.69. The van der Waals surface area contributed by atoms with Gasteiger partial charge < -0.3 is 20.9 Å². The summed E-state index contributed by atoms with van der Waals surface area (Å²) in [5.41, 5.74) is 9.95. The van der Waals surface area contributed by atoms with Crippen LogP contribution < -0.4 is 15.8 Å². The number of hydrogen-bond donors (Lipinski definition) is 3. The summed E-state index contributed by atoms with van der Waals surface area (Å²) in [6.45, 7) is 0. The largest absolute Gasteiger partial charge is 0.504 e. The van der Waals surface area contributed by atoms with Gasteiger partial charge in [-0.3, -0.25) is 4.98 Å². The quantitative estimate of drug-likeness (QED) is 0.651. The molecule has 1 heterocycles. The highest BCUT2D eigenvalue weighted by atomic mass is 16.5. The Morgan fingerprint density at radius 2 is 1.85 bits per heavy atom. The smallest absolute Gasteiger partial charge is 0.161 e. The van der Waals surface area contributed by atoms with Gasteiger partial charge in [0, 0.05) is 29.7 Å². The maximum Gasteiger partial charge on any atom is 0.161 e. The van der Waals surface area contributed by atoms with Crippen LogP contribution in [0.5, 0.6) is 11.5 Å². The lowest BCUT2D eigenvalue weighted by molar-refractivity contribution is 0.373. The van der Waals surface area contributed by atoms with Crippen molar-refractivity contribution >= 4 is 16.6 Å². The SMILES string of the molecule is COc1cc(-c2ccc3nc[c]c(N[C@H]4CC[C@@H](N)CC4)c3c2)ccc1O. The second-order valence-corrected chi connectivity index (χ2v) is 7.15. The van der Waals surface area contributed by atoms with Gasteiger partial charge >= 0.3 is 0 Å². The standard InChI is InChI=1S/C22H24N3O2/c1-27-22-13-15(3-9-21(22)26)14-2-8-19-18(12-14)20(10-11-24-19)25-17-6-4-16(23)5-7-17/h2-3,8-9,11-13,16-17,26H,4-7,23H2,1H3,(H,24,25)/t16-,17+. The molecule has 4 rings (SSSR count). The van der Waals surface area contributed by atoms with Crippen molar-refractivity contribution in [1.82, 2.24) is 4.98 Å². The van der Waals surface area contributed by atoms with E-state index < -0.39 is 0 Å². The number of hydrogen-bond acceptors (Lipinski definition) is 5. The highest BCUT2D eigenvalue weighted by Crippen LogP contribution is 2.34. The Labute approximate surface area is 159 Å². The fourth-order valence-corrected chi connectivity index (χ4v) is 3.72. The number of fused-ring (bicyclic) bond motifs is 1. The third-order valence-electron chi connectivity index (χ3n) is 5.31. The molecule has 2 aromatic carbocycles. The van der Waals surface area contributed by atoms with Crippen LogP contribution in [-0.2, 0) is 0 Å². The summed E-state index contributed by atoms with van der Waals surface area (Å²) in [4.78, 5) is 4.45. The third-order valence-corrected chi connectivity index (χ3v) is 5.31. The van der Waals surface area contributed by atoms with Crippen molar-refractivity contribution in [3.8, 4) is 22.6 Å². The number of rotatable bonds is 4. The van der Waals surface area contributed by atoms with E-state index >= 15 is 0 Å². The molecule has 1 radical (unpaired) electrons. The van der Waals surface area contributed by atoms with Crippen LogP contribution in [0.3, 0.4) is 0 Å². The first-order chi connectivity index (χ1) is 13.1. The Bertz CT molecular complexity index is 949. The second kappa shape index (κ2) is 7.45. The van der Waals surface area contributed by atoms with Crippen molar-refractivity contribution in [2.24, 2.45) is 5.73 Å². The lowest BCUT2D eigenvalue weighted by atomic mass is 9.91. The van der Waals surface area contributed by atoms with Gasteiger partial charge in [-0.2, -0.15) is 0 Å². The van der Waals surface area contributed by atoms with E-state index in [1.54, 1.807) is 19.4 Å². The molecule has 139 valence electrons. The van der Waals surface area contributed by atoms with Crippen LogP contribution in [0.4, 0.5) is 5.69 Å². The molecule has 4 N–H and O–H groups in total. The topological polar surface area (TPSA) is 80.4 Å². The second-order valence-electron chi connectivity index (χ2n) is 7.15. The van der Waals surface area contributed by atoms with E-state index in [0.717, 1.165) is 53.4 Å². The molecule has 0 amide bonds. The molecule has 27 heavy (non-hydrogen) atoms. The molecule has 0 bridgehead atoms. The number of anilines is 1. The number of nitrogens with zero attached hydrogens (tertiary/aromatic N) is 1. The van der Waals surface area contributed by atoms with Gasteiger partial charge in [-0.1, -0.05) is 12.1 Å². The van der Waals surface area contributed by atoms with Gasteiger partial charge in [0.05, 0.1) is 18.3 Å². The number of aromatic nitrogens is 1. The van der Waals surface area contributed by atoms with E-state index in [1.165, 1.54) is 0 Å². The molecule has 0 unspecified atom stereocenters. The molecule has 1 aromatic heterocycles. The summed E-state index contributed by atoms with van der Waals surface area (Å²) in [6.07, 6.45) is 5.99. The highest BCUT2D eigenvalue weighted by molar-refractivity contribution is 5.94. The van der Waals surface area contributed by atoms with E-state index in [4.69, 9.17) is 10.5 Å². The third kappa shape index (κ3) is 3.69. The monoisotopic (exact) mass is 362 g/mol. The molecule has 0 spiro atoms. The van der Waals surface area contributed by atoms with Crippen LogP contribution in [0.2, 0.25) is 0 Å². The van der Waals surface area contributed by atoms with Crippen LogP contribution >= 0.6 is 0 Å². The van der Waals surface area contributed by atoms with Crippen molar-refractivity contribution in [3.63, 3.8) is 0 Å². The zero-order valence-electron chi connectivity index (χ0n) is 15.4. The Morgan fingerprint density at radius 3 is 2.63 bits per heavy atom. The first kappa shape index (κ1) is 17.6. The maximum absolute atomic E-state index is 9.84. The summed E-state index contributed by atoms with van der Waals surface area (Å²) in [6, 6.07) is 15.5. The number of ether oxygens (including phenoxy) is 1. The van der Waals surface area contributed by atoms with Crippen LogP contribution in [0.1, 0.15) is 25.7 Å². The van der Waals surface area contributed by atoms with Crippen molar-refractivity contribution in [3.05, 3.63) is 48.7 Å². The number of pyridine rings is 1. The Kier molecular flexibility index (Phi) is 4.86. The predicted octanol–water partition coefficient (Wildman–Crippen LogP) is 4.10. The molecular weight excluding hydrogens is 338 g/mol. The lowest BCUT2D eigenvalue weighted by Gasteiger charge is -2.28. The molecule has 3 aromatic rings. The number of nitrogens with two attached hydrogens (primary N) is 1. The summed E-state index contributed by atoms with van der Waals surface area (Å²) < 4.78 is 5.24. The summed E-state index contributed by atoms with van der Waals surface area (Å²) in [5.74, 6) is 0.595. The summed E-state index contributed by atoms with van der Waals surface area (Å²) >= 11 is 0. The summed E-state index contributed by atoms with van der Waals surface area (Å²) in [5, 5.41) is 14.5. The van der Waals surface area contributed by atoms with Crippen LogP contribution in [0.25, 0.3) is 22.0 Å². The van der Waals surface area contributed by atoms with Gasteiger partial charge in [-0.05, 0) is 61.1 Å². The van der Waals surface area contributed by atoms with E-state index in [-0.39, 0.29) is 5.75 Å². The van der Waals surface area contributed by atoms with Crippen molar-refractivity contribution < 1.29 is 9.84 Å². The van der Waals surface area contributed by atoms with Gasteiger partial charge in [-0.25, -0.2) is 0 Å². The molecule has 0 atom stereocenters. The average Bonchev–Trinajstić information content (AvgIpc) is 2.70. The minimum absolute atomic E-state index is 0.134. The molecule has 0 saturated heterocycles. The van der Waals surface area contributed by atoms with Crippen LogP contribution in [0.15, 0.2) is 42.6 Å². The molecular formula is C22H24N3O2. The van der Waals surface area contributed by atoms with Gasteiger partial charge in [0.2, 0.25) is 0 Å². The fourth-order valence-electron chi connectivity index (χ4n) is 3.72. The molecule has 1 aliphatic carbocycles. The number of phenolic OH excluding ortho intramolecular Hbond substituents is 1. The minimum Gasteiger partial charge on any atom is -0.504 e. The van der Waals surface area contributed by atoms with Crippen molar-refractivity contribution in [1.29, 1.82) is 0 Å². The van der Waals surface area contributed by atoms with Gasteiger partial charge in [-0.15, -0.1) is 0 Å². The van der Waals surface area contributed by atoms with Crippen LogP contribution in [0, 0.1) is 6.07 Å². The molecule has 5 nitrogen and oxygen atoms in total. The zero-order chi connectivity index (χ0) is 18.8. The minimum atomic E-state index is 0.134. The molecule has 1 saturated carbocycles. The van der Waals surface area contributed by atoms with Gasteiger partial charge in [0.1, 0.15) is 0 Å². The van der Waals surface area contributed by atoms with Crippen molar-refractivity contribution in [2.45, 2.75) is 37.8 Å². The Hall–Kier alpha value is -2.79. The predicted molar refractivity (Wildman–Crippen MR) is 108 cm³/mol. The van der Waals surface area contributed by atoms with Crippen molar-refractivity contribution in [2.75, 3.05) is 12.4 Å². The first-order valence-corrected chi connectivity index (χ1v) is 9.34. The number of benzene rings is 2. The molecule has 1 fully saturated rings. The number of aromatic hydroxyl groups is 1. The first-order valence-electron chi connectivity index (χ1n) is 9.34. The Morgan fingerprint density at radius 1 is 1.11 bits per heavy atom. The normalized spacial score (nSPS) is 19.8. The van der Waals surface area contributed by atoms with Gasteiger partial charge in [0.15, 0.2) is 11.5 Å². The number of nitrogens with one attached hydrogen (secondary N) is 1. The number of methoxy groups -OCH3 is 1. The summed E-state index contributed by atoms with van der Waals surface area (Å²) in [7, 11) is 1.55. The van der Waals surface area contributed by atoms with E-state index in [0.29, 0.717) is 17.8 Å². The van der Waals surface area contributed by atoms with E-state index in [1.807, 2.05) is 24.3 Å².